The summed E-state index contributed by atoms with van der Waals surface area (Å²) in [6, 6.07) is 8.63. The van der Waals surface area contributed by atoms with Crippen LogP contribution in [0.2, 0.25) is 5.15 Å². The number of nitrogens with zero attached hydrogens (tertiary/aromatic N) is 4. The van der Waals surface area contributed by atoms with Gasteiger partial charge in [0.1, 0.15) is 6.04 Å². The van der Waals surface area contributed by atoms with Crippen LogP contribution in [-0.2, 0) is 14.4 Å². The van der Waals surface area contributed by atoms with Crippen LogP contribution in [0.1, 0.15) is 68.3 Å². The Morgan fingerprint density at radius 1 is 1.07 bits per heavy atom. The summed E-state index contributed by atoms with van der Waals surface area (Å²) >= 11 is 6.59. The highest BCUT2D eigenvalue weighted by Crippen LogP contribution is 2.44. The second-order valence-corrected chi connectivity index (χ2v) is 12.2. The van der Waals surface area contributed by atoms with E-state index < -0.39 is 11.9 Å². The number of aromatic nitrogens is 2. The van der Waals surface area contributed by atoms with E-state index in [1.165, 1.54) is 4.90 Å². The average Bonchev–Trinajstić information content (AvgIpc) is 3.46. The quantitative estimate of drug-likeness (QED) is 0.432. The Labute approximate surface area is 242 Å². The van der Waals surface area contributed by atoms with Crippen molar-refractivity contribution in [2.75, 3.05) is 23.3 Å². The number of piperidine rings is 2. The number of rotatable bonds is 5. The van der Waals surface area contributed by atoms with Crippen molar-refractivity contribution in [2.24, 2.45) is 5.41 Å². The molecule has 41 heavy (non-hydrogen) atoms. The first-order valence-electron chi connectivity index (χ1n) is 14.3. The zero-order chi connectivity index (χ0) is 28.5. The molecule has 2 saturated heterocycles. The minimum Gasteiger partial charge on any atom is -0.351 e. The van der Waals surface area contributed by atoms with Crippen LogP contribution in [0.5, 0.6) is 0 Å². The predicted octanol–water partition coefficient (Wildman–Crippen LogP) is 4.55. The summed E-state index contributed by atoms with van der Waals surface area (Å²) in [6.07, 6.45) is 7.11. The lowest BCUT2D eigenvalue weighted by atomic mass is 9.69. The average molecular weight is 575 g/mol. The molecule has 1 saturated carbocycles. The van der Waals surface area contributed by atoms with Gasteiger partial charge in [-0.15, -0.1) is 0 Å². The number of nitrogens with one attached hydrogen (secondary N) is 2. The Morgan fingerprint density at radius 3 is 2.56 bits per heavy atom. The fraction of sp³-hybridized carbons (Fsp3) is 0.433. The molecule has 4 amide bonds. The molecule has 3 aromatic rings. The Balaban J connectivity index is 1.11. The van der Waals surface area contributed by atoms with E-state index in [1.807, 2.05) is 40.0 Å². The number of imide groups is 1. The number of amides is 4. The van der Waals surface area contributed by atoms with Gasteiger partial charge < -0.3 is 10.2 Å². The second-order valence-electron chi connectivity index (χ2n) is 11.9. The third-order valence-electron chi connectivity index (χ3n) is 9.30. The van der Waals surface area contributed by atoms with Gasteiger partial charge in [0.25, 0.3) is 5.91 Å². The van der Waals surface area contributed by atoms with E-state index in [4.69, 9.17) is 11.6 Å². The topological polar surface area (TPSA) is 117 Å². The molecule has 11 heteroatoms. The van der Waals surface area contributed by atoms with Crippen LogP contribution in [0, 0.1) is 5.41 Å². The van der Waals surface area contributed by atoms with E-state index in [1.54, 1.807) is 6.07 Å². The fourth-order valence-electron chi connectivity index (χ4n) is 6.77. The van der Waals surface area contributed by atoms with Gasteiger partial charge in [-0.3, -0.25) is 34.1 Å². The minimum absolute atomic E-state index is 0.147. The second kappa shape index (κ2) is 9.58. The zero-order valence-electron chi connectivity index (χ0n) is 22.8. The number of hydrogen-bond donors (Lipinski definition) is 2. The smallest absolute Gasteiger partial charge is 0.259 e. The van der Waals surface area contributed by atoms with Crippen LogP contribution in [0.3, 0.4) is 0 Å². The molecule has 212 valence electrons. The number of halogens is 1. The van der Waals surface area contributed by atoms with Gasteiger partial charge in [-0.05, 0) is 50.3 Å². The van der Waals surface area contributed by atoms with E-state index in [-0.39, 0.29) is 42.0 Å². The van der Waals surface area contributed by atoms with Gasteiger partial charge in [0.15, 0.2) is 5.15 Å². The number of likely N-dealkylation sites (tertiary alicyclic amines) is 1. The third kappa shape index (κ3) is 4.18. The fourth-order valence-corrected chi connectivity index (χ4v) is 6.96. The molecular formula is C30H31ClN6O4. The molecule has 4 heterocycles. The number of carbonyl (C=O) groups is 4. The summed E-state index contributed by atoms with van der Waals surface area (Å²) in [4.78, 5) is 54.2. The molecule has 0 radical (unpaired) electrons. The molecule has 1 atom stereocenters. The molecule has 1 aliphatic carbocycles. The summed E-state index contributed by atoms with van der Waals surface area (Å²) in [5, 5.41) is 12.3. The maximum absolute atomic E-state index is 13.4. The number of benzene rings is 2. The van der Waals surface area contributed by atoms with Crippen molar-refractivity contribution < 1.29 is 19.2 Å². The highest BCUT2D eigenvalue weighted by Gasteiger charge is 2.43. The first kappa shape index (κ1) is 26.0. The van der Waals surface area contributed by atoms with Crippen molar-refractivity contribution in [1.82, 2.24) is 20.0 Å². The normalized spacial score (nSPS) is 22.2. The minimum atomic E-state index is -0.736. The lowest BCUT2D eigenvalue weighted by Crippen LogP contribution is -2.53. The van der Waals surface area contributed by atoms with Crippen LogP contribution in [0.4, 0.5) is 17.1 Å². The highest BCUT2D eigenvalue weighted by molar-refractivity contribution is 6.32. The monoisotopic (exact) mass is 574 g/mol. The van der Waals surface area contributed by atoms with Crippen molar-refractivity contribution in [1.29, 1.82) is 0 Å². The molecule has 0 spiro atoms. The Bertz CT molecular complexity index is 1620. The van der Waals surface area contributed by atoms with Crippen molar-refractivity contribution in [2.45, 2.75) is 64.0 Å². The summed E-state index contributed by atoms with van der Waals surface area (Å²) in [5.74, 6) is -0.743. The first-order chi connectivity index (χ1) is 19.7. The van der Waals surface area contributed by atoms with Gasteiger partial charge in [0, 0.05) is 46.9 Å². The number of anilines is 3. The van der Waals surface area contributed by atoms with Crippen molar-refractivity contribution in [3.05, 3.63) is 47.2 Å². The van der Waals surface area contributed by atoms with E-state index in [9.17, 15) is 19.2 Å². The Hall–Kier alpha value is -3.92. The molecule has 3 fully saturated rings. The molecule has 2 N–H and O–H groups in total. The summed E-state index contributed by atoms with van der Waals surface area (Å²) in [7, 11) is 0. The maximum atomic E-state index is 13.4. The molecule has 2 aromatic carbocycles. The summed E-state index contributed by atoms with van der Waals surface area (Å²) < 4.78 is 1.89. The van der Waals surface area contributed by atoms with Gasteiger partial charge in [-0.25, -0.2) is 0 Å². The molecule has 10 nitrogen and oxygen atoms in total. The lowest BCUT2D eigenvalue weighted by molar-refractivity contribution is -0.147. The lowest BCUT2D eigenvalue weighted by Gasteiger charge is -2.43. The summed E-state index contributed by atoms with van der Waals surface area (Å²) in [6.45, 7) is 3.51. The van der Waals surface area contributed by atoms with Crippen molar-refractivity contribution in [3.63, 3.8) is 0 Å². The number of hydrogen-bond acceptors (Lipinski definition) is 6. The van der Waals surface area contributed by atoms with E-state index >= 15 is 0 Å². The standard InChI is InChI=1S/C30H31ClN6O4/c1-30(12-3-13-30)29(41)35-14-10-17(11-15-35)36-16-21(26(31)34-36)32-20-6-7-22-25-18(20)4-2-5-19(25)28(40)37(22)23-8-9-24(38)33-27(23)39/h2,4-7,16-17,23,32H,3,8-15H2,1H3,(H,33,38,39). The Morgan fingerprint density at radius 2 is 1.85 bits per heavy atom. The predicted molar refractivity (Wildman–Crippen MR) is 154 cm³/mol. The van der Waals surface area contributed by atoms with Gasteiger partial charge in [0.05, 0.1) is 23.6 Å². The van der Waals surface area contributed by atoms with Crippen LogP contribution in [0.15, 0.2) is 36.5 Å². The molecule has 7 rings (SSSR count). The first-order valence-corrected chi connectivity index (χ1v) is 14.7. The molecule has 0 bridgehead atoms. The van der Waals surface area contributed by atoms with Crippen LogP contribution >= 0.6 is 11.6 Å². The highest BCUT2D eigenvalue weighted by atomic mass is 35.5. The maximum Gasteiger partial charge on any atom is 0.259 e. The summed E-state index contributed by atoms with van der Waals surface area (Å²) in [5.41, 5.74) is 2.41. The van der Waals surface area contributed by atoms with Crippen LogP contribution in [-0.4, -0.2) is 57.4 Å². The van der Waals surface area contributed by atoms with Gasteiger partial charge in [-0.2, -0.15) is 5.10 Å². The molecular weight excluding hydrogens is 544 g/mol. The SMILES string of the molecule is CC1(C(=O)N2CCC(n3cc(Nc4ccc5c6c(cccc46)C(=O)N5C4CCC(=O)NC4=O)c(Cl)n3)CC2)CCC1. The van der Waals surface area contributed by atoms with Gasteiger partial charge >= 0.3 is 0 Å². The third-order valence-corrected chi connectivity index (χ3v) is 9.58. The number of carbonyl (C=O) groups excluding carboxylic acids is 4. The van der Waals surface area contributed by atoms with Crippen molar-refractivity contribution >= 4 is 63.1 Å². The van der Waals surface area contributed by atoms with E-state index in [2.05, 4.69) is 22.7 Å². The van der Waals surface area contributed by atoms with Crippen LogP contribution < -0.4 is 15.5 Å². The van der Waals surface area contributed by atoms with E-state index in [0.29, 0.717) is 35.2 Å². The van der Waals surface area contributed by atoms with E-state index in [0.717, 1.165) is 48.6 Å². The molecule has 3 aliphatic heterocycles. The van der Waals surface area contributed by atoms with Gasteiger partial charge in [0.2, 0.25) is 17.7 Å². The largest absolute Gasteiger partial charge is 0.351 e. The molecule has 1 unspecified atom stereocenters. The van der Waals surface area contributed by atoms with Crippen LogP contribution in [0.25, 0.3) is 10.8 Å². The molecule has 4 aliphatic rings. The zero-order valence-corrected chi connectivity index (χ0v) is 23.5. The van der Waals surface area contributed by atoms with Gasteiger partial charge in [-0.1, -0.05) is 37.1 Å². The Kier molecular flexibility index (Phi) is 6.08. The van der Waals surface area contributed by atoms with Crippen molar-refractivity contribution in [3.8, 4) is 0 Å². The molecule has 1 aromatic heterocycles.